The highest BCUT2D eigenvalue weighted by Gasteiger charge is 2.71. The van der Waals surface area contributed by atoms with Crippen LogP contribution in [0.4, 0.5) is 15.8 Å². The molecule has 3 heterocycles. The summed E-state index contributed by atoms with van der Waals surface area (Å²) in [6.07, 6.45) is 2.10. The maximum atomic E-state index is 15.4. The number of imide groups is 2. The zero-order valence-corrected chi connectivity index (χ0v) is 32.1. The van der Waals surface area contributed by atoms with Gasteiger partial charge < -0.3 is 14.3 Å². The van der Waals surface area contributed by atoms with Crippen molar-refractivity contribution in [1.29, 1.82) is 0 Å². The number of allylic oxidation sites excluding steroid dienone is 2. The van der Waals surface area contributed by atoms with E-state index in [1.165, 1.54) is 42.3 Å². The van der Waals surface area contributed by atoms with Crippen LogP contribution in [0.25, 0.3) is 22.6 Å². The van der Waals surface area contributed by atoms with Gasteiger partial charge in [-0.3, -0.25) is 29.5 Å². The number of anilines is 2. The molecular formula is C46H34ClFN4O7. The summed E-state index contributed by atoms with van der Waals surface area (Å²) in [5, 5.41) is 13.1. The van der Waals surface area contributed by atoms with Crippen molar-refractivity contribution in [2.24, 2.45) is 23.7 Å². The van der Waals surface area contributed by atoms with Crippen LogP contribution in [0.1, 0.15) is 29.9 Å². The minimum atomic E-state index is -1.69. The van der Waals surface area contributed by atoms with Gasteiger partial charge in [0.1, 0.15) is 22.8 Å². The zero-order chi connectivity index (χ0) is 40.7. The number of amides is 4. The van der Waals surface area contributed by atoms with Gasteiger partial charge in [0, 0.05) is 22.1 Å². The highest BCUT2D eigenvalue weighted by atomic mass is 35.5. The number of phenolic OH excluding ortho intramolecular Hbond substituents is 1. The first kappa shape index (κ1) is 36.5. The van der Waals surface area contributed by atoms with E-state index >= 15 is 4.79 Å². The molecule has 2 aliphatic carbocycles. The second-order valence-corrected chi connectivity index (χ2v) is 15.7. The molecule has 4 aliphatic rings. The molecule has 0 spiro atoms. The number of hydrazine groups is 1. The second kappa shape index (κ2) is 13.7. The van der Waals surface area contributed by atoms with E-state index in [0.717, 1.165) is 5.01 Å². The summed E-state index contributed by atoms with van der Waals surface area (Å²) in [6, 6.07) is 31.0. The first-order chi connectivity index (χ1) is 28.6. The number of rotatable bonds is 7. The number of nitrogens with one attached hydrogen (secondary N) is 1. The molecule has 294 valence electrons. The fraction of sp³-hybridized carbons (Fsp3) is 0.196. The first-order valence-electron chi connectivity index (χ1n) is 19.2. The van der Waals surface area contributed by atoms with Crippen molar-refractivity contribution in [3.8, 4) is 23.0 Å². The van der Waals surface area contributed by atoms with Crippen molar-refractivity contribution < 1.29 is 37.8 Å². The fourth-order valence-electron chi connectivity index (χ4n) is 9.97. The molecule has 59 heavy (non-hydrogen) atoms. The van der Waals surface area contributed by atoms with Crippen LogP contribution in [0, 0.1) is 29.5 Å². The van der Waals surface area contributed by atoms with Gasteiger partial charge in [0.05, 0.1) is 41.7 Å². The second-order valence-electron chi connectivity index (χ2n) is 15.3. The molecule has 3 fully saturated rings. The molecular weight excluding hydrogens is 775 g/mol. The number of fused-ring (bicyclic) bond motifs is 5. The third-order valence-corrected chi connectivity index (χ3v) is 12.7. The van der Waals surface area contributed by atoms with Crippen molar-refractivity contribution in [2.75, 3.05) is 17.4 Å². The predicted molar refractivity (Wildman–Crippen MR) is 216 cm³/mol. The van der Waals surface area contributed by atoms with Gasteiger partial charge in [-0.2, -0.15) is 5.01 Å². The number of carbonyl (C=O) groups excluding carboxylic acids is 4. The number of benzene rings is 5. The monoisotopic (exact) mass is 808 g/mol. The maximum absolute atomic E-state index is 15.4. The van der Waals surface area contributed by atoms with E-state index in [1.807, 2.05) is 30.3 Å². The molecule has 6 atom stereocenters. The van der Waals surface area contributed by atoms with Gasteiger partial charge in [0.25, 0.3) is 11.8 Å². The molecule has 0 unspecified atom stereocenters. The maximum Gasteiger partial charge on any atom is 0.260 e. The van der Waals surface area contributed by atoms with Crippen LogP contribution in [-0.2, 0) is 24.6 Å². The molecule has 11 nitrogen and oxygen atoms in total. The lowest BCUT2D eigenvalue weighted by Crippen LogP contribution is -2.53. The highest BCUT2D eigenvalue weighted by molar-refractivity contribution is 6.30. The number of methoxy groups -OCH3 is 1. The minimum Gasteiger partial charge on any atom is -0.508 e. The van der Waals surface area contributed by atoms with Crippen molar-refractivity contribution >= 4 is 57.7 Å². The Morgan fingerprint density at radius 2 is 1.61 bits per heavy atom. The summed E-state index contributed by atoms with van der Waals surface area (Å²) in [7, 11) is 1.45. The Morgan fingerprint density at radius 1 is 0.864 bits per heavy atom. The Labute approximate surface area is 341 Å². The Kier molecular flexibility index (Phi) is 8.46. The molecule has 0 radical (unpaired) electrons. The smallest absolute Gasteiger partial charge is 0.260 e. The van der Waals surface area contributed by atoms with Gasteiger partial charge >= 0.3 is 0 Å². The SMILES string of the molecule is COc1cccc(O)c1[C@H]1C2=CC[C@@H]3C(=O)N(c4ccc(-c5nc6ccccc6o5)cc4)C(=O)[C@@H]3[C@@H]2C[C@H]2C(=O)N(Nc3ccc(F)cc3)C(=O)[C@@]12c1ccc(Cl)cc1. The van der Waals surface area contributed by atoms with Gasteiger partial charge in [-0.15, -0.1) is 0 Å². The van der Waals surface area contributed by atoms with E-state index in [0.29, 0.717) is 50.1 Å². The molecule has 13 heteroatoms. The van der Waals surface area contributed by atoms with Gasteiger partial charge in [0.15, 0.2) is 5.58 Å². The zero-order valence-electron chi connectivity index (χ0n) is 31.3. The number of carbonyl (C=O) groups is 4. The molecule has 10 rings (SSSR count). The van der Waals surface area contributed by atoms with Gasteiger partial charge in [-0.1, -0.05) is 53.6 Å². The Hall–Kier alpha value is -6.79. The minimum absolute atomic E-state index is 0.0255. The van der Waals surface area contributed by atoms with Crippen LogP contribution in [0.3, 0.4) is 0 Å². The van der Waals surface area contributed by atoms with Crippen LogP contribution in [0.15, 0.2) is 131 Å². The van der Waals surface area contributed by atoms with Crippen molar-refractivity contribution in [3.05, 3.63) is 149 Å². The van der Waals surface area contributed by atoms with E-state index in [4.69, 9.17) is 20.8 Å². The average molecular weight is 809 g/mol. The van der Waals surface area contributed by atoms with Crippen LogP contribution in [0.5, 0.6) is 11.5 Å². The van der Waals surface area contributed by atoms with Crippen molar-refractivity contribution in [3.63, 3.8) is 0 Å². The van der Waals surface area contributed by atoms with E-state index in [-0.39, 0.29) is 35.8 Å². The molecule has 2 N–H and O–H groups in total. The normalized spacial score (nSPS) is 24.9. The number of aromatic nitrogens is 1. The van der Waals surface area contributed by atoms with E-state index in [1.54, 1.807) is 60.7 Å². The molecule has 1 saturated carbocycles. The lowest BCUT2D eigenvalue weighted by Gasteiger charge is -2.50. The summed E-state index contributed by atoms with van der Waals surface area (Å²) >= 11 is 6.39. The third-order valence-electron chi connectivity index (χ3n) is 12.5. The number of oxazole rings is 1. The Bertz CT molecular complexity index is 2720. The highest BCUT2D eigenvalue weighted by Crippen LogP contribution is 2.66. The Morgan fingerprint density at radius 3 is 2.34 bits per heavy atom. The van der Waals surface area contributed by atoms with Gasteiger partial charge in [-0.25, -0.2) is 9.37 Å². The molecule has 4 amide bonds. The largest absolute Gasteiger partial charge is 0.508 e. The summed E-state index contributed by atoms with van der Waals surface area (Å²) < 4.78 is 25.8. The molecule has 5 aromatic carbocycles. The summed E-state index contributed by atoms with van der Waals surface area (Å²) in [6.45, 7) is 0. The molecule has 2 aliphatic heterocycles. The third kappa shape index (κ3) is 5.42. The lowest BCUT2D eigenvalue weighted by molar-refractivity contribution is -0.138. The molecule has 0 bridgehead atoms. The molecule has 1 aromatic heterocycles. The number of hydrogen-bond acceptors (Lipinski definition) is 9. The summed E-state index contributed by atoms with van der Waals surface area (Å²) in [5.41, 5.74) is 5.26. The number of para-hydroxylation sites is 2. The standard InChI is InChI=1S/C46H34ClFN4O7/c1-58-37-8-4-6-35(53)39(37)40-30-21-22-31-38(44(56)51(42(31)54)29-19-9-24(10-20-29)41-49-34-5-2-3-7-36(34)59-41)32(30)23-33-43(55)52(50-28-17-15-27(48)16-18-28)45(57)46(33,40)25-11-13-26(47)14-12-25/h2-21,31-33,38,40,50,53H,22-23H2,1H3/t31-,32+,33-,38-,40+,46+/m0/s1. The summed E-state index contributed by atoms with van der Waals surface area (Å²) in [4.78, 5) is 65.3. The van der Waals surface area contributed by atoms with Gasteiger partial charge in [-0.05, 0) is 109 Å². The lowest BCUT2D eigenvalue weighted by atomic mass is 9.49. The number of aromatic hydroxyl groups is 1. The topological polar surface area (TPSA) is 142 Å². The number of phenols is 1. The van der Waals surface area contributed by atoms with E-state index in [2.05, 4.69) is 10.4 Å². The average Bonchev–Trinajstić information content (AvgIpc) is 3.86. The first-order valence-corrected chi connectivity index (χ1v) is 19.5. The van der Waals surface area contributed by atoms with Crippen molar-refractivity contribution in [2.45, 2.75) is 24.2 Å². The molecule has 2 saturated heterocycles. The molecule has 6 aromatic rings. The number of ether oxygens (including phenoxy) is 1. The summed E-state index contributed by atoms with van der Waals surface area (Å²) in [5.74, 6) is -6.49. The van der Waals surface area contributed by atoms with Crippen LogP contribution in [0.2, 0.25) is 5.02 Å². The number of halogens is 2. The van der Waals surface area contributed by atoms with Gasteiger partial charge in [0.2, 0.25) is 17.7 Å². The quantitative estimate of drug-likeness (QED) is 0.121. The number of nitrogens with zero attached hydrogens (tertiary/aromatic N) is 3. The van der Waals surface area contributed by atoms with Crippen molar-refractivity contribution in [1.82, 2.24) is 9.99 Å². The van der Waals surface area contributed by atoms with Crippen LogP contribution >= 0.6 is 11.6 Å². The fourth-order valence-corrected chi connectivity index (χ4v) is 10.1. The Balaban J connectivity index is 1.10. The van der Waals surface area contributed by atoms with E-state index in [9.17, 15) is 23.9 Å². The number of hydrogen-bond donors (Lipinski definition) is 2. The van der Waals surface area contributed by atoms with E-state index < -0.39 is 58.5 Å². The predicted octanol–water partition coefficient (Wildman–Crippen LogP) is 8.19. The van der Waals surface area contributed by atoms with Crippen LogP contribution < -0.4 is 15.1 Å². The van der Waals surface area contributed by atoms with Crippen LogP contribution in [-0.4, -0.2) is 45.8 Å².